The molecule has 28 heavy (non-hydrogen) atoms. The maximum Gasteiger partial charge on any atom is 0.391 e. The van der Waals surface area contributed by atoms with Crippen LogP contribution < -0.4 is 19.9 Å². The average molecular weight is 391 g/mol. The molecule has 2 aromatic carbocycles. The van der Waals surface area contributed by atoms with Crippen LogP contribution in [0.1, 0.15) is 12.8 Å². The van der Waals surface area contributed by atoms with E-state index in [2.05, 4.69) is 10.2 Å². The molecule has 2 aliphatic heterocycles. The predicted octanol–water partition coefficient (Wildman–Crippen LogP) is 5.04. The number of hydrogen-bond acceptors (Lipinski definition) is 4. The fraction of sp³-hybridized carbons (Fsp3) is 0.429. The highest BCUT2D eigenvalue weighted by molar-refractivity contribution is 5.70. The molecule has 0 amide bonds. The van der Waals surface area contributed by atoms with Gasteiger partial charge in [0.15, 0.2) is 0 Å². The standard InChI is InChI=1S/C21H24F3N3O/c1-26-12-13-28-20-14-17(4-7-19(20)26)25-16-2-5-18(6-3-16)27-10-8-15(9-11-27)21(22,23)24/h2-7,14-15,25H,8-13H2,1H3. The van der Waals surface area contributed by atoms with Crippen LogP contribution in [0.25, 0.3) is 0 Å². The smallest absolute Gasteiger partial charge is 0.391 e. The molecular formula is C21H24F3N3O. The lowest BCUT2D eigenvalue weighted by molar-refractivity contribution is -0.179. The number of rotatable bonds is 3. The van der Waals surface area contributed by atoms with Crippen molar-refractivity contribution in [3.63, 3.8) is 0 Å². The van der Waals surface area contributed by atoms with Gasteiger partial charge in [-0.3, -0.25) is 0 Å². The van der Waals surface area contributed by atoms with Crippen LogP contribution in [0.5, 0.6) is 5.75 Å². The van der Waals surface area contributed by atoms with Crippen LogP contribution in [0.4, 0.5) is 35.9 Å². The molecule has 0 unspecified atom stereocenters. The van der Waals surface area contributed by atoms with Gasteiger partial charge in [0.25, 0.3) is 0 Å². The number of anilines is 4. The minimum Gasteiger partial charge on any atom is -0.489 e. The van der Waals surface area contributed by atoms with Gasteiger partial charge in [-0.1, -0.05) is 0 Å². The van der Waals surface area contributed by atoms with Crippen molar-refractivity contribution < 1.29 is 17.9 Å². The summed E-state index contributed by atoms with van der Waals surface area (Å²) >= 11 is 0. The van der Waals surface area contributed by atoms with Gasteiger partial charge in [-0.2, -0.15) is 13.2 Å². The van der Waals surface area contributed by atoms with Crippen LogP contribution in [0, 0.1) is 5.92 Å². The van der Waals surface area contributed by atoms with Gasteiger partial charge in [0.05, 0.1) is 18.2 Å². The second-order valence-corrected chi connectivity index (χ2v) is 7.43. The molecule has 0 bridgehead atoms. The van der Waals surface area contributed by atoms with E-state index >= 15 is 0 Å². The fourth-order valence-electron chi connectivity index (χ4n) is 3.82. The van der Waals surface area contributed by atoms with Crippen molar-refractivity contribution in [2.75, 3.05) is 48.4 Å². The Bertz CT molecular complexity index is 815. The highest BCUT2D eigenvalue weighted by Gasteiger charge is 2.41. The fourth-order valence-corrected chi connectivity index (χ4v) is 3.82. The van der Waals surface area contributed by atoms with Crippen LogP contribution in [-0.2, 0) is 0 Å². The first-order chi connectivity index (χ1) is 13.4. The Morgan fingerprint density at radius 2 is 1.64 bits per heavy atom. The van der Waals surface area contributed by atoms with E-state index < -0.39 is 12.1 Å². The third kappa shape index (κ3) is 3.98. The van der Waals surface area contributed by atoms with E-state index in [9.17, 15) is 13.2 Å². The van der Waals surface area contributed by atoms with Gasteiger partial charge in [-0.25, -0.2) is 0 Å². The molecular weight excluding hydrogens is 367 g/mol. The van der Waals surface area contributed by atoms with Crippen LogP contribution in [0.3, 0.4) is 0 Å². The third-order valence-electron chi connectivity index (χ3n) is 5.53. The molecule has 1 N–H and O–H groups in total. The Kier molecular flexibility index (Phi) is 5.00. The van der Waals surface area contributed by atoms with E-state index in [1.165, 1.54) is 0 Å². The quantitative estimate of drug-likeness (QED) is 0.794. The highest BCUT2D eigenvalue weighted by atomic mass is 19.4. The van der Waals surface area contributed by atoms with Crippen LogP contribution in [0.2, 0.25) is 0 Å². The van der Waals surface area contributed by atoms with Gasteiger partial charge in [-0.05, 0) is 49.2 Å². The number of hydrogen-bond donors (Lipinski definition) is 1. The number of fused-ring (bicyclic) bond motifs is 1. The number of ether oxygens (including phenoxy) is 1. The Morgan fingerprint density at radius 1 is 0.964 bits per heavy atom. The molecule has 0 atom stereocenters. The molecule has 1 saturated heterocycles. The second kappa shape index (κ2) is 7.45. The van der Waals surface area contributed by atoms with Crippen molar-refractivity contribution in [1.82, 2.24) is 0 Å². The van der Waals surface area contributed by atoms with E-state index in [0.717, 1.165) is 35.0 Å². The average Bonchev–Trinajstić information content (AvgIpc) is 2.68. The van der Waals surface area contributed by atoms with Gasteiger partial charge in [0.2, 0.25) is 0 Å². The van der Waals surface area contributed by atoms with Crippen molar-refractivity contribution in [1.29, 1.82) is 0 Å². The summed E-state index contributed by atoms with van der Waals surface area (Å²) < 4.78 is 44.2. The van der Waals surface area contributed by atoms with E-state index in [1.54, 1.807) is 0 Å². The minimum atomic E-state index is -4.08. The Hall–Kier alpha value is -2.57. The molecule has 0 aromatic heterocycles. The summed E-state index contributed by atoms with van der Waals surface area (Å²) in [7, 11) is 2.05. The monoisotopic (exact) mass is 391 g/mol. The Morgan fingerprint density at radius 3 is 2.32 bits per heavy atom. The highest BCUT2D eigenvalue weighted by Crippen LogP contribution is 2.36. The summed E-state index contributed by atoms with van der Waals surface area (Å²) in [6, 6.07) is 13.9. The maximum absolute atomic E-state index is 12.8. The van der Waals surface area contributed by atoms with Crippen molar-refractivity contribution in [3.8, 4) is 5.75 Å². The molecule has 2 aliphatic rings. The van der Waals surface area contributed by atoms with Crippen molar-refractivity contribution in [2.45, 2.75) is 19.0 Å². The third-order valence-corrected chi connectivity index (χ3v) is 5.53. The number of nitrogens with one attached hydrogen (secondary N) is 1. The molecule has 1 fully saturated rings. The minimum absolute atomic E-state index is 0.160. The van der Waals surface area contributed by atoms with Gasteiger partial charge in [-0.15, -0.1) is 0 Å². The molecule has 150 valence electrons. The number of benzene rings is 2. The zero-order valence-corrected chi connectivity index (χ0v) is 15.8. The normalized spacial score (nSPS) is 17.9. The van der Waals surface area contributed by atoms with E-state index in [-0.39, 0.29) is 12.8 Å². The lowest BCUT2D eigenvalue weighted by atomic mass is 9.96. The van der Waals surface area contributed by atoms with E-state index in [0.29, 0.717) is 19.7 Å². The zero-order chi connectivity index (χ0) is 19.7. The first kappa shape index (κ1) is 18.8. The summed E-state index contributed by atoms with van der Waals surface area (Å²) in [5.41, 5.74) is 3.90. The SMILES string of the molecule is CN1CCOc2cc(Nc3ccc(N4CCC(C(F)(F)F)CC4)cc3)ccc21. The molecule has 2 aromatic rings. The van der Waals surface area contributed by atoms with Crippen LogP contribution in [0.15, 0.2) is 42.5 Å². The molecule has 4 rings (SSSR count). The largest absolute Gasteiger partial charge is 0.489 e. The molecule has 7 heteroatoms. The molecule has 0 aliphatic carbocycles. The number of alkyl halides is 3. The lowest BCUT2D eigenvalue weighted by Crippen LogP contribution is -2.38. The summed E-state index contributed by atoms with van der Waals surface area (Å²) in [6.07, 6.45) is -3.76. The van der Waals surface area contributed by atoms with E-state index in [4.69, 9.17) is 4.74 Å². The van der Waals surface area contributed by atoms with E-state index in [1.807, 2.05) is 54.4 Å². The first-order valence-corrected chi connectivity index (χ1v) is 9.57. The zero-order valence-electron chi connectivity index (χ0n) is 15.8. The van der Waals surface area contributed by atoms with Crippen molar-refractivity contribution in [3.05, 3.63) is 42.5 Å². The molecule has 0 radical (unpaired) electrons. The summed E-state index contributed by atoms with van der Waals surface area (Å²) in [5, 5.41) is 3.36. The maximum atomic E-state index is 12.8. The topological polar surface area (TPSA) is 27.7 Å². The molecule has 0 spiro atoms. The second-order valence-electron chi connectivity index (χ2n) is 7.43. The number of likely N-dealkylation sites (N-methyl/N-ethyl adjacent to an activating group) is 1. The number of halogens is 3. The first-order valence-electron chi connectivity index (χ1n) is 9.57. The molecule has 0 saturated carbocycles. The summed E-state index contributed by atoms with van der Waals surface area (Å²) in [6.45, 7) is 2.42. The van der Waals surface area contributed by atoms with Crippen LogP contribution >= 0.6 is 0 Å². The Labute approximate surface area is 162 Å². The molecule has 2 heterocycles. The van der Waals surface area contributed by atoms with Gasteiger partial charge in [0.1, 0.15) is 12.4 Å². The van der Waals surface area contributed by atoms with Crippen molar-refractivity contribution >= 4 is 22.7 Å². The summed E-state index contributed by atoms with van der Waals surface area (Å²) in [5.74, 6) is -0.308. The predicted molar refractivity (Wildman–Crippen MR) is 106 cm³/mol. The number of piperidine rings is 1. The van der Waals surface area contributed by atoms with Gasteiger partial charge < -0.3 is 19.9 Å². The Balaban J connectivity index is 1.39. The van der Waals surface area contributed by atoms with Crippen molar-refractivity contribution in [2.24, 2.45) is 5.92 Å². The number of nitrogens with zero attached hydrogens (tertiary/aromatic N) is 2. The lowest BCUT2D eigenvalue weighted by Gasteiger charge is -2.34. The molecule has 4 nitrogen and oxygen atoms in total. The summed E-state index contributed by atoms with van der Waals surface area (Å²) in [4.78, 5) is 4.19. The van der Waals surface area contributed by atoms with Gasteiger partial charge in [0, 0.05) is 43.3 Å². The van der Waals surface area contributed by atoms with Gasteiger partial charge >= 0.3 is 6.18 Å². The van der Waals surface area contributed by atoms with Crippen LogP contribution in [-0.4, -0.2) is 39.5 Å².